The number of para-hydroxylation sites is 1. The van der Waals surface area contributed by atoms with E-state index in [-0.39, 0.29) is 11.4 Å². The first-order valence-corrected chi connectivity index (χ1v) is 6.51. The van der Waals surface area contributed by atoms with Gasteiger partial charge in [0.05, 0.1) is 11.4 Å². The van der Waals surface area contributed by atoms with Crippen LogP contribution in [0, 0.1) is 0 Å². The molecule has 116 valence electrons. The van der Waals surface area contributed by atoms with Crippen molar-refractivity contribution in [2.24, 2.45) is 0 Å². The third kappa shape index (κ3) is 4.96. The summed E-state index contributed by atoms with van der Waals surface area (Å²) < 4.78 is 45.5. The van der Waals surface area contributed by atoms with Crippen molar-refractivity contribution in [3.05, 3.63) is 59.1 Å². The van der Waals surface area contributed by atoms with E-state index in [9.17, 15) is 18.0 Å². The fourth-order valence-electron chi connectivity index (χ4n) is 1.68. The molecule has 3 nitrogen and oxygen atoms in total. The van der Waals surface area contributed by atoms with E-state index in [2.05, 4.69) is 4.74 Å². The van der Waals surface area contributed by atoms with Gasteiger partial charge in [-0.15, -0.1) is 13.2 Å². The third-order valence-electron chi connectivity index (χ3n) is 2.54. The second-order valence-electron chi connectivity index (χ2n) is 4.28. The van der Waals surface area contributed by atoms with Crippen LogP contribution in [0.2, 0.25) is 5.02 Å². The van der Waals surface area contributed by atoms with Crippen LogP contribution in [-0.2, 0) is 11.2 Å². The maximum atomic E-state index is 12.2. The van der Waals surface area contributed by atoms with Crippen LogP contribution in [0.5, 0.6) is 11.5 Å². The molecule has 0 heterocycles. The lowest BCUT2D eigenvalue weighted by atomic mass is 10.1. The van der Waals surface area contributed by atoms with Crippen LogP contribution in [0.25, 0.3) is 0 Å². The van der Waals surface area contributed by atoms with Gasteiger partial charge in [-0.3, -0.25) is 4.79 Å². The van der Waals surface area contributed by atoms with Crippen molar-refractivity contribution >= 4 is 17.6 Å². The van der Waals surface area contributed by atoms with E-state index in [1.807, 2.05) is 0 Å². The lowest BCUT2D eigenvalue weighted by molar-refractivity contribution is -0.274. The first-order valence-electron chi connectivity index (χ1n) is 6.13. The standard InChI is InChI=1S/C15H10ClF3O3/c16-12-7-6-10(8-13(12)22-15(17,18)19)9-14(20)21-11-4-2-1-3-5-11/h1-8H,9H2. The van der Waals surface area contributed by atoms with E-state index in [4.69, 9.17) is 16.3 Å². The molecule has 7 heteroatoms. The van der Waals surface area contributed by atoms with Gasteiger partial charge in [0.2, 0.25) is 0 Å². The molecule has 0 aromatic heterocycles. The number of hydrogen-bond acceptors (Lipinski definition) is 3. The largest absolute Gasteiger partial charge is 0.573 e. The minimum atomic E-state index is -4.85. The summed E-state index contributed by atoms with van der Waals surface area (Å²) in [5.74, 6) is -0.807. The number of benzene rings is 2. The van der Waals surface area contributed by atoms with Crippen LogP contribution in [0.4, 0.5) is 13.2 Å². The van der Waals surface area contributed by atoms with Crippen LogP contribution >= 0.6 is 11.6 Å². The quantitative estimate of drug-likeness (QED) is 0.616. The zero-order chi connectivity index (χ0) is 16.2. The molecule has 0 saturated heterocycles. The van der Waals surface area contributed by atoms with Crippen LogP contribution in [0.1, 0.15) is 5.56 Å². The first kappa shape index (κ1) is 16.2. The molecule has 0 bridgehead atoms. The van der Waals surface area contributed by atoms with E-state index in [1.54, 1.807) is 30.3 Å². The number of hydrogen-bond donors (Lipinski definition) is 0. The van der Waals surface area contributed by atoms with Gasteiger partial charge in [-0.1, -0.05) is 35.9 Å². The van der Waals surface area contributed by atoms with E-state index in [0.717, 1.165) is 6.07 Å². The molecule has 0 aliphatic heterocycles. The molecule has 0 radical (unpaired) electrons. The molecular formula is C15H10ClF3O3. The van der Waals surface area contributed by atoms with Gasteiger partial charge in [-0.05, 0) is 29.8 Å². The van der Waals surface area contributed by atoms with Gasteiger partial charge in [0, 0.05) is 0 Å². The molecule has 0 N–H and O–H groups in total. The van der Waals surface area contributed by atoms with Crippen molar-refractivity contribution in [2.45, 2.75) is 12.8 Å². The Kier molecular flexibility index (Phi) is 4.92. The van der Waals surface area contributed by atoms with E-state index >= 15 is 0 Å². The average Bonchev–Trinajstić information content (AvgIpc) is 2.42. The predicted molar refractivity (Wildman–Crippen MR) is 73.9 cm³/mol. The summed E-state index contributed by atoms with van der Waals surface area (Å²) in [6.45, 7) is 0. The number of rotatable bonds is 4. The van der Waals surface area contributed by atoms with Crippen molar-refractivity contribution in [1.29, 1.82) is 0 Å². The van der Waals surface area contributed by atoms with E-state index < -0.39 is 18.1 Å². The number of carbonyl (C=O) groups excluding carboxylic acids is 1. The minimum Gasteiger partial charge on any atom is -0.426 e. The summed E-state index contributed by atoms with van der Waals surface area (Å²) in [7, 11) is 0. The highest BCUT2D eigenvalue weighted by Crippen LogP contribution is 2.31. The maximum Gasteiger partial charge on any atom is 0.573 e. The van der Waals surface area contributed by atoms with Gasteiger partial charge >= 0.3 is 12.3 Å². The summed E-state index contributed by atoms with van der Waals surface area (Å²) in [6.07, 6.45) is -5.06. The van der Waals surface area contributed by atoms with Crippen molar-refractivity contribution in [3.63, 3.8) is 0 Å². The lowest BCUT2D eigenvalue weighted by Gasteiger charge is -2.11. The Morgan fingerprint density at radius 2 is 1.77 bits per heavy atom. The highest BCUT2D eigenvalue weighted by atomic mass is 35.5. The predicted octanol–water partition coefficient (Wildman–Crippen LogP) is 4.39. The summed E-state index contributed by atoms with van der Waals surface area (Å²) in [6, 6.07) is 12.1. The molecule has 2 rings (SSSR count). The summed E-state index contributed by atoms with van der Waals surface area (Å²) >= 11 is 5.63. The molecule has 0 amide bonds. The molecule has 22 heavy (non-hydrogen) atoms. The van der Waals surface area contributed by atoms with Gasteiger partial charge < -0.3 is 9.47 Å². The van der Waals surface area contributed by atoms with Gasteiger partial charge in [0.1, 0.15) is 11.5 Å². The molecule has 0 aliphatic rings. The summed E-state index contributed by atoms with van der Waals surface area (Å²) in [4.78, 5) is 11.7. The van der Waals surface area contributed by atoms with Crippen molar-refractivity contribution in [3.8, 4) is 11.5 Å². The Bertz CT molecular complexity index is 657. The first-order chi connectivity index (χ1) is 10.3. The Morgan fingerprint density at radius 1 is 1.09 bits per heavy atom. The molecule has 0 unspecified atom stereocenters. The summed E-state index contributed by atoms with van der Waals surface area (Å²) in [5.41, 5.74) is 0.296. The fourth-order valence-corrected chi connectivity index (χ4v) is 1.84. The molecule has 0 aliphatic carbocycles. The van der Waals surface area contributed by atoms with Crippen molar-refractivity contribution in [1.82, 2.24) is 0 Å². The van der Waals surface area contributed by atoms with Crippen LogP contribution in [-0.4, -0.2) is 12.3 Å². The molecular weight excluding hydrogens is 321 g/mol. The maximum absolute atomic E-state index is 12.2. The Morgan fingerprint density at radius 3 is 2.41 bits per heavy atom. The van der Waals surface area contributed by atoms with Gasteiger partial charge in [0.15, 0.2) is 0 Å². The van der Waals surface area contributed by atoms with Gasteiger partial charge in [0.25, 0.3) is 0 Å². The Hall–Kier alpha value is -2.21. The number of ether oxygens (including phenoxy) is 2. The number of halogens is 4. The van der Waals surface area contributed by atoms with Gasteiger partial charge in [-0.2, -0.15) is 0 Å². The average molecular weight is 331 g/mol. The summed E-state index contributed by atoms with van der Waals surface area (Å²) in [5, 5.41) is -0.197. The highest BCUT2D eigenvalue weighted by Gasteiger charge is 2.32. The monoisotopic (exact) mass is 330 g/mol. The molecule has 0 spiro atoms. The van der Waals surface area contributed by atoms with E-state index in [1.165, 1.54) is 12.1 Å². The second-order valence-corrected chi connectivity index (χ2v) is 4.68. The zero-order valence-electron chi connectivity index (χ0n) is 11.1. The Labute approximate surface area is 129 Å². The van der Waals surface area contributed by atoms with Crippen molar-refractivity contribution in [2.75, 3.05) is 0 Å². The molecule has 0 fully saturated rings. The van der Waals surface area contributed by atoms with Crippen LogP contribution < -0.4 is 9.47 Å². The number of carbonyl (C=O) groups is 1. The number of alkyl halides is 3. The molecule has 2 aromatic carbocycles. The number of esters is 1. The topological polar surface area (TPSA) is 35.5 Å². The molecule has 0 atom stereocenters. The minimum absolute atomic E-state index is 0.197. The SMILES string of the molecule is O=C(Cc1ccc(Cl)c(OC(F)(F)F)c1)Oc1ccccc1. The second kappa shape index (κ2) is 6.70. The highest BCUT2D eigenvalue weighted by molar-refractivity contribution is 6.32. The van der Waals surface area contributed by atoms with Crippen LogP contribution in [0.15, 0.2) is 48.5 Å². The van der Waals surface area contributed by atoms with Gasteiger partial charge in [-0.25, -0.2) is 0 Å². The van der Waals surface area contributed by atoms with Crippen LogP contribution in [0.3, 0.4) is 0 Å². The zero-order valence-corrected chi connectivity index (χ0v) is 11.8. The molecule has 2 aromatic rings. The lowest BCUT2D eigenvalue weighted by Crippen LogP contribution is -2.18. The Balaban J connectivity index is 2.06. The third-order valence-corrected chi connectivity index (χ3v) is 2.86. The normalized spacial score (nSPS) is 11.1. The van der Waals surface area contributed by atoms with Crippen molar-refractivity contribution < 1.29 is 27.4 Å². The smallest absolute Gasteiger partial charge is 0.426 e. The molecule has 0 saturated carbocycles. The van der Waals surface area contributed by atoms with E-state index in [0.29, 0.717) is 11.3 Å². The fraction of sp³-hybridized carbons (Fsp3) is 0.133.